The van der Waals surface area contributed by atoms with Crippen molar-refractivity contribution in [2.45, 2.75) is 71.3 Å². The number of fused-ring (bicyclic) bond motifs is 1. The molecule has 2 aliphatic heterocycles. The Balaban J connectivity index is 1.89. The number of aliphatic carboxylic acids is 1. The molecule has 0 aliphatic carbocycles. The minimum Gasteiger partial charge on any atom is -0.493 e. The number of rotatable bonds is 16. The Morgan fingerprint density at radius 3 is 2.50 bits per heavy atom. The van der Waals surface area contributed by atoms with Crippen molar-refractivity contribution in [3.63, 3.8) is 0 Å². The Hall–Kier alpha value is -2.52. The summed E-state index contributed by atoms with van der Waals surface area (Å²) in [5.41, 5.74) is 0.849. The summed E-state index contributed by atoms with van der Waals surface area (Å²) in [7, 11) is 8.08. The summed E-state index contributed by atoms with van der Waals surface area (Å²) in [5.74, 6) is 0.368. The molecule has 2 heterocycles. The molecule has 0 spiro atoms. The zero-order valence-electron chi connectivity index (χ0n) is 25.8. The number of unbranched alkanes of at least 4 members (excludes halogenated alkanes) is 1. The number of methoxy groups -OCH3 is 1. The largest absolute Gasteiger partial charge is 0.493 e. The van der Waals surface area contributed by atoms with Gasteiger partial charge in [-0.2, -0.15) is 0 Å². The highest BCUT2D eigenvalue weighted by Gasteiger charge is 2.48. The van der Waals surface area contributed by atoms with Crippen LogP contribution in [0.1, 0.15) is 70.8 Å². The van der Waals surface area contributed by atoms with Crippen LogP contribution in [0, 0.1) is 11.8 Å². The molecule has 40 heavy (non-hydrogen) atoms. The molecule has 3 rings (SSSR count). The first-order chi connectivity index (χ1) is 19.0. The number of quaternary nitrogens is 1. The Morgan fingerprint density at radius 2 is 1.88 bits per heavy atom. The second kappa shape index (κ2) is 14.4. The van der Waals surface area contributed by atoms with Crippen LogP contribution in [0.15, 0.2) is 12.1 Å². The van der Waals surface area contributed by atoms with Gasteiger partial charge in [-0.25, -0.2) is 0 Å². The fourth-order valence-electron chi connectivity index (χ4n) is 6.23. The highest BCUT2D eigenvalue weighted by molar-refractivity contribution is 5.79. The number of hydrogen-bond acceptors (Lipinski definition) is 6. The summed E-state index contributed by atoms with van der Waals surface area (Å²) in [6.45, 7) is 9.79. The molecule has 9 heteroatoms. The van der Waals surface area contributed by atoms with Gasteiger partial charge in [0.2, 0.25) is 18.4 Å². The first-order valence-corrected chi connectivity index (χ1v) is 15.0. The molecule has 1 amide bonds. The lowest BCUT2D eigenvalue weighted by Crippen LogP contribution is -2.46. The topological polar surface area (TPSA) is 88.5 Å². The smallest absolute Gasteiger partial charge is 0.308 e. The lowest BCUT2D eigenvalue weighted by atomic mass is 9.81. The van der Waals surface area contributed by atoms with Gasteiger partial charge in [0.25, 0.3) is 0 Å². The van der Waals surface area contributed by atoms with Gasteiger partial charge in [0.1, 0.15) is 0 Å². The van der Waals surface area contributed by atoms with E-state index >= 15 is 0 Å². The lowest BCUT2D eigenvalue weighted by Gasteiger charge is -2.32. The Labute approximate surface area is 240 Å². The maximum Gasteiger partial charge on any atom is 0.308 e. The zero-order valence-corrected chi connectivity index (χ0v) is 25.8. The minimum absolute atomic E-state index is 0.0936. The number of nitrogens with zero attached hydrogens (tertiary/aromatic N) is 3. The number of likely N-dealkylation sites (tertiary alicyclic amines) is 1. The molecule has 1 N–H and O–H groups in total. The number of carbonyl (C=O) groups excluding carboxylic acids is 1. The molecule has 0 radical (unpaired) electrons. The lowest BCUT2D eigenvalue weighted by molar-refractivity contribution is -0.870. The average Bonchev–Trinajstić information content (AvgIpc) is 3.49. The molecule has 226 valence electrons. The number of carboxylic acid groups (broad SMARTS) is 1. The molecule has 1 saturated heterocycles. The van der Waals surface area contributed by atoms with Crippen molar-refractivity contribution in [1.82, 2.24) is 9.80 Å². The van der Waals surface area contributed by atoms with Gasteiger partial charge in [-0.3, -0.25) is 14.5 Å². The molecule has 0 aromatic heterocycles. The summed E-state index contributed by atoms with van der Waals surface area (Å²) in [4.78, 5) is 30.8. The summed E-state index contributed by atoms with van der Waals surface area (Å²) in [6.07, 6.45) is 5.74. The second-order valence-electron chi connectivity index (χ2n) is 12.7. The van der Waals surface area contributed by atoms with E-state index in [0.717, 1.165) is 68.2 Å². The molecule has 9 nitrogen and oxygen atoms in total. The molecule has 2 aliphatic rings. The second-order valence-corrected chi connectivity index (χ2v) is 12.7. The molecule has 0 bridgehead atoms. The number of ether oxygens (including phenoxy) is 3. The van der Waals surface area contributed by atoms with E-state index in [1.807, 2.05) is 17.0 Å². The monoisotopic (exact) mass is 562 g/mol. The highest BCUT2D eigenvalue weighted by atomic mass is 16.7. The van der Waals surface area contributed by atoms with E-state index in [-0.39, 0.29) is 31.2 Å². The van der Waals surface area contributed by atoms with E-state index in [1.165, 1.54) is 0 Å². The van der Waals surface area contributed by atoms with Crippen molar-refractivity contribution in [2.24, 2.45) is 11.8 Å². The van der Waals surface area contributed by atoms with Crippen molar-refractivity contribution in [3.8, 4) is 17.2 Å². The van der Waals surface area contributed by atoms with Crippen molar-refractivity contribution in [1.29, 1.82) is 0 Å². The van der Waals surface area contributed by atoms with E-state index in [4.69, 9.17) is 14.2 Å². The van der Waals surface area contributed by atoms with Crippen molar-refractivity contribution in [2.75, 3.05) is 67.8 Å². The van der Waals surface area contributed by atoms with Gasteiger partial charge in [0, 0.05) is 38.0 Å². The van der Waals surface area contributed by atoms with Gasteiger partial charge in [0.05, 0.1) is 47.3 Å². The van der Waals surface area contributed by atoms with Crippen molar-refractivity contribution < 1.29 is 33.4 Å². The van der Waals surface area contributed by atoms with Crippen molar-refractivity contribution in [3.05, 3.63) is 17.7 Å². The van der Waals surface area contributed by atoms with Gasteiger partial charge in [0.15, 0.2) is 11.5 Å². The van der Waals surface area contributed by atoms with E-state index < -0.39 is 11.9 Å². The molecule has 4 atom stereocenters. The number of carbonyl (C=O) groups is 2. The molecular formula is C31H52N3O6+. The van der Waals surface area contributed by atoms with E-state index in [0.29, 0.717) is 29.7 Å². The summed E-state index contributed by atoms with van der Waals surface area (Å²) < 4.78 is 17.7. The van der Waals surface area contributed by atoms with E-state index in [1.54, 1.807) is 7.11 Å². The summed E-state index contributed by atoms with van der Waals surface area (Å²) in [6, 6.07) is 3.54. The third-order valence-electron chi connectivity index (χ3n) is 8.30. The fourth-order valence-corrected chi connectivity index (χ4v) is 6.23. The quantitative estimate of drug-likeness (QED) is 0.298. The molecular weight excluding hydrogens is 510 g/mol. The highest BCUT2D eigenvalue weighted by Crippen LogP contribution is 2.47. The summed E-state index contributed by atoms with van der Waals surface area (Å²) in [5, 5.41) is 10.5. The maximum atomic E-state index is 13.8. The number of carboxylic acids is 1. The molecule has 1 aromatic rings. The van der Waals surface area contributed by atoms with Crippen LogP contribution in [-0.2, 0) is 9.59 Å². The predicted molar refractivity (Wildman–Crippen MR) is 156 cm³/mol. The maximum absolute atomic E-state index is 13.8. The van der Waals surface area contributed by atoms with Gasteiger partial charge in [-0.15, -0.1) is 0 Å². The van der Waals surface area contributed by atoms with Gasteiger partial charge in [-0.05, 0) is 36.5 Å². The van der Waals surface area contributed by atoms with E-state index in [9.17, 15) is 14.7 Å². The normalized spacial score (nSPS) is 21.4. The van der Waals surface area contributed by atoms with E-state index in [2.05, 4.69) is 46.8 Å². The van der Waals surface area contributed by atoms with Gasteiger partial charge in [-0.1, -0.05) is 40.0 Å². The van der Waals surface area contributed by atoms with Crippen LogP contribution in [0.3, 0.4) is 0 Å². The van der Waals surface area contributed by atoms with Crippen LogP contribution in [0.2, 0.25) is 0 Å². The average molecular weight is 563 g/mol. The zero-order chi connectivity index (χ0) is 29.4. The number of amides is 1. The Kier molecular flexibility index (Phi) is 11.5. The number of benzene rings is 1. The van der Waals surface area contributed by atoms with Crippen molar-refractivity contribution >= 4 is 11.9 Å². The van der Waals surface area contributed by atoms with Crippen LogP contribution in [0.5, 0.6) is 17.2 Å². The Morgan fingerprint density at radius 1 is 1.15 bits per heavy atom. The third kappa shape index (κ3) is 8.26. The predicted octanol–water partition coefficient (Wildman–Crippen LogP) is 4.44. The summed E-state index contributed by atoms with van der Waals surface area (Å²) >= 11 is 0. The van der Waals surface area contributed by atoms with Gasteiger partial charge >= 0.3 is 5.97 Å². The minimum atomic E-state index is -0.823. The van der Waals surface area contributed by atoms with Crippen LogP contribution >= 0.6 is 0 Å². The standard InChI is InChI=1S/C31H51N3O6/c1-8-10-13-32(14-11-15-34(4,5)6)28(35)20-33-19-24(29(31(36)37)25(33)16-22(3)12-9-2)23-17-26(38-7)30-27(18-23)39-21-40-30/h17-18,22,24-25,29H,8-16,19-21H2,1-7H3/p+1. The van der Waals surface area contributed by atoms with Crippen LogP contribution in [-0.4, -0.2) is 105 Å². The molecule has 0 saturated carbocycles. The SMILES string of the molecule is CCCCN(CCC[N+](C)(C)C)C(=O)CN1CC(c2cc(OC)c3c(c2)OCO3)C(C(=O)O)C1CC(C)CCC. The van der Waals surface area contributed by atoms with Crippen LogP contribution in [0.4, 0.5) is 0 Å². The molecule has 1 fully saturated rings. The number of hydrogen-bond donors (Lipinski definition) is 1. The Bertz CT molecular complexity index is 994. The molecule has 1 aromatic carbocycles. The fraction of sp³-hybridized carbons (Fsp3) is 0.742. The van der Waals surface area contributed by atoms with Crippen LogP contribution < -0.4 is 14.2 Å². The van der Waals surface area contributed by atoms with Crippen LogP contribution in [0.25, 0.3) is 0 Å². The van der Waals surface area contributed by atoms with Gasteiger partial charge < -0.3 is 28.7 Å². The first kappa shape index (κ1) is 32.0. The first-order valence-electron chi connectivity index (χ1n) is 15.0. The third-order valence-corrected chi connectivity index (χ3v) is 8.30. The molecule has 4 unspecified atom stereocenters.